The summed E-state index contributed by atoms with van der Waals surface area (Å²) in [5, 5.41) is 0. The first kappa shape index (κ1) is 20.5. The molecular weight excluding hydrogens is 416 g/mol. The average Bonchev–Trinajstić information content (AvgIpc) is 3.12. The van der Waals surface area contributed by atoms with Crippen molar-refractivity contribution in [3.63, 3.8) is 0 Å². The van der Waals surface area contributed by atoms with Gasteiger partial charge in [-0.15, -0.1) is 0 Å². The van der Waals surface area contributed by atoms with Gasteiger partial charge in [0.05, 0.1) is 11.0 Å². The number of fused-ring (bicyclic) bond motifs is 1. The Morgan fingerprint density at radius 2 is 1.39 bits per heavy atom. The average molecular weight is 445 g/mol. The van der Waals surface area contributed by atoms with E-state index < -0.39 is 0 Å². The molecular formula is C27H28N2O4. The fourth-order valence-corrected chi connectivity index (χ4v) is 7.14. The maximum atomic E-state index is 11.6. The molecule has 4 bridgehead atoms. The third-order valence-corrected chi connectivity index (χ3v) is 7.74. The van der Waals surface area contributed by atoms with Gasteiger partial charge in [-0.2, -0.15) is 0 Å². The third-order valence-electron chi connectivity index (χ3n) is 7.74. The second-order valence-electron chi connectivity index (χ2n) is 10.3. The molecule has 0 saturated heterocycles. The summed E-state index contributed by atoms with van der Waals surface area (Å²) in [6, 6.07) is 13.3. The van der Waals surface area contributed by atoms with Crippen LogP contribution in [-0.4, -0.2) is 21.5 Å². The van der Waals surface area contributed by atoms with E-state index in [1.165, 1.54) is 52.4 Å². The molecule has 1 aromatic heterocycles. The van der Waals surface area contributed by atoms with Crippen LogP contribution in [0.1, 0.15) is 52.4 Å². The van der Waals surface area contributed by atoms with Gasteiger partial charge in [0.2, 0.25) is 0 Å². The largest absolute Gasteiger partial charge is 0.427 e. The summed E-state index contributed by atoms with van der Waals surface area (Å²) < 4.78 is 13.1. The Labute approximate surface area is 192 Å². The predicted octanol–water partition coefficient (Wildman–Crippen LogP) is 5.48. The highest BCUT2D eigenvalue weighted by atomic mass is 16.5. The molecule has 2 aromatic carbocycles. The first-order valence-electron chi connectivity index (χ1n) is 11.9. The first-order chi connectivity index (χ1) is 15.9. The van der Waals surface area contributed by atoms with E-state index in [2.05, 4.69) is 4.57 Å². The lowest BCUT2D eigenvalue weighted by molar-refractivity contribution is -0.132. The highest BCUT2D eigenvalue weighted by Gasteiger charge is 2.53. The molecule has 6 heteroatoms. The summed E-state index contributed by atoms with van der Waals surface area (Å²) in [4.78, 5) is 28.0. The molecule has 7 rings (SSSR count). The number of aromatic nitrogens is 2. The van der Waals surface area contributed by atoms with Gasteiger partial charge >= 0.3 is 11.9 Å². The van der Waals surface area contributed by atoms with Gasteiger partial charge in [0.25, 0.3) is 0 Å². The van der Waals surface area contributed by atoms with Crippen LogP contribution < -0.4 is 9.47 Å². The quantitative estimate of drug-likeness (QED) is 0.394. The number of hydrogen-bond acceptors (Lipinski definition) is 5. The van der Waals surface area contributed by atoms with Gasteiger partial charge < -0.3 is 14.0 Å². The van der Waals surface area contributed by atoms with Crippen LogP contribution in [0.25, 0.3) is 22.4 Å². The SMILES string of the molecule is CC(=O)Oc1ccc(-c2nc3ccc(OC(C)=O)cc3n2C23CC4CC(CC(C4)C2)C3)cc1. The number of esters is 2. The summed E-state index contributed by atoms with van der Waals surface area (Å²) >= 11 is 0. The van der Waals surface area contributed by atoms with Crippen molar-refractivity contribution in [3.8, 4) is 22.9 Å². The molecule has 3 aromatic rings. The summed E-state index contributed by atoms with van der Waals surface area (Å²) in [5.41, 5.74) is 2.96. The zero-order valence-electron chi connectivity index (χ0n) is 19.0. The van der Waals surface area contributed by atoms with Crippen molar-refractivity contribution in [2.24, 2.45) is 17.8 Å². The van der Waals surface area contributed by atoms with Crippen molar-refractivity contribution < 1.29 is 19.1 Å². The summed E-state index contributed by atoms with van der Waals surface area (Å²) in [7, 11) is 0. The lowest BCUT2D eigenvalue weighted by Gasteiger charge is -2.57. The van der Waals surface area contributed by atoms with Crippen molar-refractivity contribution in [1.82, 2.24) is 9.55 Å². The monoisotopic (exact) mass is 444 g/mol. The van der Waals surface area contributed by atoms with Gasteiger partial charge in [-0.25, -0.2) is 4.98 Å². The second-order valence-corrected chi connectivity index (χ2v) is 10.3. The lowest BCUT2D eigenvalue weighted by atomic mass is 9.53. The normalized spacial score (nSPS) is 27.6. The lowest BCUT2D eigenvalue weighted by Crippen LogP contribution is -2.52. The van der Waals surface area contributed by atoms with Crippen molar-refractivity contribution in [2.45, 2.75) is 57.9 Å². The Balaban J connectivity index is 1.52. The van der Waals surface area contributed by atoms with Gasteiger partial charge in [0, 0.05) is 31.0 Å². The number of imidazole rings is 1. The smallest absolute Gasteiger partial charge is 0.308 e. The molecule has 0 N–H and O–H groups in total. The zero-order valence-corrected chi connectivity index (χ0v) is 19.0. The van der Waals surface area contributed by atoms with E-state index in [-0.39, 0.29) is 17.5 Å². The maximum Gasteiger partial charge on any atom is 0.308 e. The number of carbonyl (C=O) groups excluding carboxylic acids is 2. The van der Waals surface area contributed by atoms with Gasteiger partial charge in [-0.05, 0) is 92.7 Å². The molecule has 170 valence electrons. The minimum Gasteiger partial charge on any atom is -0.427 e. The fourth-order valence-electron chi connectivity index (χ4n) is 7.14. The highest BCUT2D eigenvalue weighted by molar-refractivity contribution is 5.83. The van der Waals surface area contributed by atoms with Crippen LogP contribution in [0.3, 0.4) is 0 Å². The van der Waals surface area contributed by atoms with E-state index in [1.807, 2.05) is 42.5 Å². The molecule has 0 radical (unpaired) electrons. The Kier molecular flexibility index (Phi) is 4.61. The van der Waals surface area contributed by atoms with Crippen molar-refractivity contribution in [2.75, 3.05) is 0 Å². The van der Waals surface area contributed by atoms with Crippen molar-refractivity contribution in [1.29, 1.82) is 0 Å². The number of nitrogens with zero attached hydrogens (tertiary/aromatic N) is 2. The molecule has 4 aliphatic rings. The van der Waals surface area contributed by atoms with E-state index in [4.69, 9.17) is 14.5 Å². The maximum absolute atomic E-state index is 11.6. The molecule has 6 nitrogen and oxygen atoms in total. The summed E-state index contributed by atoms with van der Waals surface area (Å²) in [6.45, 7) is 2.83. The van der Waals surface area contributed by atoms with E-state index >= 15 is 0 Å². The van der Waals surface area contributed by atoms with Crippen LogP contribution in [-0.2, 0) is 15.1 Å². The van der Waals surface area contributed by atoms with Crippen LogP contribution in [0.4, 0.5) is 0 Å². The molecule has 0 aliphatic heterocycles. The standard InChI is InChI=1S/C27H28N2O4/c1-16(30)32-22-5-3-21(4-6-22)26-28-24-8-7-23(33-17(2)31)12-25(24)29(26)27-13-18-9-19(14-27)11-20(10-18)15-27/h3-8,12,18-20H,9-11,13-15H2,1-2H3. The number of rotatable bonds is 4. The van der Waals surface area contributed by atoms with Crippen LogP contribution in [0, 0.1) is 17.8 Å². The molecule has 4 aliphatic carbocycles. The molecule has 0 atom stereocenters. The van der Waals surface area contributed by atoms with Crippen LogP contribution in [0.5, 0.6) is 11.5 Å². The second kappa shape index (κ2) is 7.44. The molecule has 1 heterocycles. The van der Waals surface area contributed by atoms with Crippen LogP contribution >= 0.6 is 0 Å². The van der Waals surface area contributed by atoms with Crippen LogP contribution in [0.15, 0.2) is 42.5 Å². The topological polar surface area (TPSA) is 70.4 Å². The molecule has 0 unspecified atom stereocenters. The number of ether oxygens (including phenoxy) is 2. The van der Waals surface area contributed by atoms with E-state index in [0.717, 1.165) is 40.2 Å². The third kappa shape index (κ3) is 3.52. The van der Waals surface area contributed by atoms with E-state index in [0.29, 0.717) is 11.5 Å². The van der Waals surface area contributed by atoms with Crippen LogP contribution in [0.2, 0.25) is 0 Å². The van der Waals surface area contributed by atoms with Crippen molar-refractivity contribution in [3.05, 3.63) is 42.5 Å². The minimum atomic E-state index is -0.332. The summed E-state index contributed by atoms with van der Waals surface area (Å²) in [6.07, 6.45) is 7.62. The Morgan fingerprint density at radius 1 is 0.848 bits per heavy atom. The minimum absolute atomic E-state index is 0.0439. The van der Waals surface area contributed by atoms with Gasteiger partial charge in [-0.1, -0.05) is 0 Å². The molecule has 4 fully saturated rings. The molecule has 0 amide bonds. The zero-order chi connectivity index (χ0) is 22.7. The Hall–Kier alpha value is -3.15. The van der Waals surface area contributed by atoms with E-state index in [9.17, 15) is 9.59 Å². The fraction of sp³-hybridized carbons (Fsp3) is 0.444. The predicted molar refractivity (Wildman–Crippen MR) is 124 cm³/mol. The van der Waals surface area contributed by atoms with Crippen molar-refractivity contribution >= 4 is 23.0 Å². The Bertz CT molecular complexity index is 1220. The molecule has 33 heavy (non-hydrogen) atoms. The van der Waals surface area contributed by atoms with Gasteiger partial charge in [0.15, 0.2) is 0 Å². The highest BCUT2D eigenvalue weighted by Crippen LogP contribution is 2.60. The number of hydrogen-bond donors (Lipinski definition) is 0. The van der Waals surface area contributed by atoms with Gasteiger partial charge in [0.1, 0.15) is 17.3 Å². The Morgan fingerprint density at radius 3 is 1.97 bits per heavy atom. The number of benzene rings is 2. The molecule has 0 spiro atoms. The molecule has 4 saturated carbocycles. The van der Waals surface area contributed by atoms with E-state index in [1.54, 1.807) is 0 Å². The number of carbonyl (C=O) groups is 2. The first-order valence-corrected chi connectivity index (χ1v) is 11.9. The summed E-state index contributed by atoms with van der Waals surface area (Å²) in [5.74, 6) is 3.71. The van der Waals surface area contributed by atoms with Gasteiger partial charge in [-0.3, -0.25) is 9.59 Å².